The molecule has 0 heterocycles. The molecule has 4 heteroatoms. The molecule has 0 bridgehead atoms. The number of amides is 1. The van der Waals surface area contributed by atoms with Crippen LogP contribution in [-0.4, -0.2) is 31.3 Å². The van der Waals surface area contributed by atoms with Gasteiger partial charge < -0.3 is 0 Å². The fraction of sp³-hybridized carbons (Fsp3) is 0.167. The van der Waals surface area contributed by atoms with Crippen LogP contribution in [0, 0.1) is 0 Å². The van der Waals surface area contributed by atoms with Crippen molar-refractivity contribution in [3.63, 3.8) is 0 Å². The summed E-state index contributed by atoms with van der Waals surface area (Å²) in [6, 6.07) is 41.9. The first kappa shape index (κ1) is 24.2. The average molecular weight is 556 g/mol. The molecular weight excluding hydrogens is 525 g/mol. The minimum absolute atomic E-state index is 0.00848. The van der Waals surface area contributed by atoms with Crippen molar-refractivity contribution in [3.8, 4) is 0 Å². The Morgan fingerprint density at radius 1 is 0.706 bits per heavy atom. The zero-order valence-electron chi connectivity index (χ0n) is 19.6. The van der Waals surface area contributed by atoms with Crippen molar-refractivity contribution in [1.29, 1.82) is 0 Å². The summed E-state index contributed by atoms with van der Waals surface area (Å²) in [7, 11) is 0. The van der Waals surface area contributed by atoms with Gasteiger partial charge in [0.2, 0.25) is 0 Å². The molecule has 0 unspecified atom stereocenters. The summed E-state index contributed by atoms with van der Waals surface area (Å²) in [5.41, 5.74) is 1.11. The van der Waals surface area contributed by atoms with Crippen LogP contribution in [0.5, 0.6) is 0 Å². The van der Waals surface area contributed by atoms with Gasteiger partial charge in [-0.15, -0.1) is 0 Å². The van der Waals surface area contributed by atoms with Gasteiger partial charge in [-0.1, -0.05) is 0 Å². The molecule has 4 rings (SSSR count). The maximum atomic E-state index is 12.6. The van der Waals surface area contributed by atoms with Crippen LogP contribution in [0.3, 0.4) is 0 Å². The van der Waals surface area contributed by atoms with Gasteiger partial charge in [-0.05, 0) is 0 Å². The van der Waals surface area contributed by atoms with E-state index < -0.39 is 18.8 Å². The van der Waals surface area contributed by atoms with E-state index in [0.29, 0.717) is 19.4 Å². The Hall–Kier alpha value is -2.89. The van der Waals surface area contributed by atoms with Crippen molar-refractivity contribution in [3.05, 3.63) is 127 Å². The summed E-state index contributed by atoms with van der Waals surface area (Å²) in [6.45, 7) is 2.56. The summed E-state index contributed by atoms with van der Waals surface area (Å²) in [6.07, 6.45) is 1.12. The van der Waals surface area contributed by atoms with Gasteiger partial charge in [0.1, 0.15) is 0 Å². The van der Waals surface area contributed by atoms with Gasteiger partial charge >= 0.3 is 208 Å². The second-order valence-corrected chi connectivity index (χ2v) is 18.1. The van der Waals surface area contributed by atoms with Gasteiger partial charge in [-0.25, -0.2) is 0 Å². The van der Waals surface area contributed by atoms with E-state index in [9.17, 15) is 4.79 Å². The molecule has 4 aromatic rings. The fourth-order valence-electron chi connectivity index (χ4n) is 4.37. The number of rotatable bonds is 10. The van der Waals surface area contributed by atoms with E-state index in [2.05, 4.69) is 78.1 Å². The van der Waals surface area contributed by atoms with Crippen molar-refractivity contribution >= 4 is 35.4 Å². The Morgan fingerprint density at radius 3 is 1.56 bits per heavy atom. The third-order valence-corrected chi connectivity index (χ3v) is 17.7. The zero-order chi connectivity index (χ0) is 23.6. The van der Waals surface area contributed by atoms with Gasteiger partial charge in [-0.2, -0.15) is 0 Å². The molecule has 0 aliphatic heterocycles. The van der Waals surface area contributed by atoms with E-state index in [1.165, 1.54) is 10.7 Å². The van der Waals surface area contributed by atoms with E-state index in [1.54, 1.807) is 0 Å². The van der Waals surface area contributed by atoms with Gasteiger partial charge in [0.05, 0.1) is 0 Å². The second-order valence-electron chi connectivity index (χ2n) is 8.43. The van der Waals surface area contributed by atoms with E-state index in [0.717, 1.165) is 5.56 Å². The SMILES string of the molecule is C[C@@H](NC(=O)CCC[O][Sn]([c]1ccccc1)([c]1ccccc1)[c]1ccccc1)c1ccccc1. The van der Waals surface area contributed by atoms with Crippen LogP contribution in [0.25, 0.3) is 0 Å². The molecule has 1 N–H and O–H groups in total. The van der Waals surface area contributed by atoms with E-state index >= 15 is 0 Å². The van der Waals surface area contributed by atoms with E-state index in [-0.39, 0.29) is 11.9 Å². The van der Waals surface area contributed by atoms with Crippen LogP contribution in [-0.2, 0) is 7.87 Å². The molecule has 0 saturated carbocycles. The molecule has 3 nitrogen and oxygen atoms in total. The summed E-state index contributed by atoms with van der Waals surface area (Å²) < 4.78 is 10.8. The molecule has 0 aromatic heterocycles. The topological polar surface area (TPSA) is 38.3 Å². The first-order valence-electron chi connectivity index (χ1n) is 11.8. The first-order valence-corrected chi connectivity index (χ1v) is 17.3. The molecule has 4 aromatic carbocycles. The van der Waals surface area contributed by atoms with Crippen LogP contribution < -0.4 is 16.1 Å². The standard InChI is InChI=1S/C12H16NO2.3C6H5.Sn/c1-10(11-6-3-2-4-7-11)13-12(15)8-5-9-14;3*1-2-4-6-5-3-1;/h2-4,6-7,10H,5,8-9H2,1H3,(H,13,15);3*1-5H;/q-1;;;;+1/t10-;;;;/m1..../s1. The Morgan fingerprint density at radius 2 is 1.12 bits per heavy atom. The predicted octanol–water partition coefficient (Wildman–Crippen LogP) is 4.33. The summed E-state index contributed by atoms with van der Waals surface area (Å²) in [5.74, 6) is 0.0555. The molecule has 0 aliphatic carbocycles. The molecule has 0 fully saturated rings. The van der Waals surface area contributed by atoms with Crippen LogP contribution in [0.4, 0.5) is 0 Å². The number of carbonyl (C=O) groups excluding carboxylic acids is 1. The van der Waals surface area contributed by atoms with Crippen LogP contribution >= 0.6 is 0 Å². The summed E-state index contributed by atoms with van der Waals surface area (Å²) >= 11 is -3.72. The van der Waals surface area contributed by atoms with E-state index in [4.69, 9.17) is 3.07 Å². The van der Waals surface area contributed by atoms with Gasteiger partial charge in [0.25, 0.3) is 0 Å². The fourth-order valence-corrected chi connectivity index (χ4v) is 15.6. The Bertz CT molecular complexity index is 1050. The van der Waals surface area contributed by atoms with Crippen molar-refractivity contribution < 1.29 is 7.87 Å². The van der Waals surface area contributed by atoms with Crippen molar-refractivity contribution in [2.75, 3.05) is 6.61 Å². The number of hydrogen-bond donors (Lipinski definition) is 1. The number of nitrogens with one attached hydrogen (secondary N) is 1. The number of hydrogen-bond acceptors (Lipinski definition) is 2. The van der Waals surface area contributed by atoms with Gasteiger partial charge in [0, 0.05) is 0 Å². The third-order valence-electron chi connectivity index (χ3n) is 6.08. The van der Waals surface area contributed by atoms with Crippen LogP contribution in [0.1, 0.15) is 31.4 Å². The van der Waals surface area contributed by atoms with Crippen molar-refractivity contribution in [1.82, 2.24) is 5.32 Å². The quantitative estimate of drug-likeness (QED) is 0.234. The average Bonchev–Trinajstić information content (AvgIpc) is 2.91. The Labute approximate surface area is 207 Å². The van der Waals surface area contributed by atoms with Gasteiger partial charge in [-0.3, -0.25) is 0 Å². The molecule has 0 aliphatic rings. The van der Waals surface area contributed by atoms with Crippen LogP contribution in [0.2, 0.25) is 0 Å². The van der Waals surface area contributed by atoms with Crippen LogP contribution in [0.15, 0.2) is 121 Å². The molecule has 0 saturated heterocycles. The minimum atomic E-state index is -3.72. The third kappa shape index (κ3) is 5.77. The molecule has 172 valence electrons. The molecule has 1 atom stereocenters. The molecule has 34 heavy (non-hydrogen) atoms. The molecule has 1 amide bonds. The second kappa shape index (κ2) is 12.0. The maximum absolute atomic E-state index is 12.6. The number of benzene rings is 4. The Balaban J connectivity index is 1.51. The normalized spacial score (nSPS) is 12.1. The summed E-state index contributed by atoms with van der Waals surface area (Å²) in [5, 5.41) is 3.11. The Kier molecular flexibility index (Phi) is 8.56. The zero-order valence-corrected chi connectivity index (χ0v) is 22.4. The first-order chi connectivity index (χ1) is 16.7. The molecule has 0 radical (unpaired) electrons. The monoisotopic (exact) mass is 557 g/mol. The molecular formula is C30H31NO2Sn. The van der Waals surface area contributed by atoms with E-state index in [1.807, 2.05) is 55.5 Å². The number of carbonyl (C=O) groups is 1. The van der Waals surface area contributed by atoms with Crippen molar-refractivity contribution in [2.24, 2.45) is 0 Å². The predicted molar refractivity (Wildman–Crippen MR) is 142 cm³/mol. The molecule has 0 spiro atoms. The van der Waals surface area contributed by atoms with Gasteiger partial charge in [0.15, 0.2) is 0 Å². The van der Waals surface area contributed by atoms with Crippen molar-refractivity contribution in [2.45, 2.75) is 25.8 Å². The summed E-state index contributed by atoms with van der Waals surface area (Å²) in [4.78, 5) is 12.6.